The maximum atomic E-state index is 11.9. The Kier molecular flexibility index (Phi) is 3.36. The summed E-state index contributed by atoms with van der Waals surface area (Å²) in [5, 5.41) is 6.81. The van der Waals surface area contributed by atoms with E-state index in [9.17, 15) is 4.79 Å². The maximum Gasteiger partial charge on any atom is 0.274 e. The number of nitrogens with one attached hydrogen (secondary N) is 1. The van der Waals surface area contributed by atoms with Gasteiger partial charge in [0.2, 0.25) is 0 Å². The summed E-state index contributed by atoms with van der Waals surface area (Å²) < 4.78 is 6.98. The van der Waals surface area contributed by atoms with Crippen LogP contribution in [-0.4, -0.2) is 15.7 Å². The fourth-order valence-corrected chi connectivity index (χ4v) is 1.61. The van der Waals surface area contributed by atoms with E-state index in [0.29, 0.717) is 24.5 Å². The summed E-state index contributed by atoms with van der Waals surface area (Å²) >= 11 is 0. The molecule has 18 heavy (non-hydrogen) atoms. The van der Waals surface area contributed by atoms with Crippen LogP contribution in [-0.2, 0) is 13.1 Å². The molecule has 2 aromatic heterocycles. The summed E-state index contributed by atoms with van der Waals surface area (Å²) in [6.07, 6.45) is 1.64. The van der Waals surface area contributed by atoms with Gasteiger partial charge in [-0.2, -0.15) is 5.10 Å². The lowest BCUT2D eigenvalue weighted by atomic mass is 10.3. The molecule has 0 aliphatic rings. The van der Waals surface area contributed by atoms with E-state index in [0.717, 1.165) is 5.76 Å². The van der Waals surface area contributed by atoms with Crippen LogP contribution in [0.1, 0.15) is 28.9 Å². The molecule has 0 bridgehead atoms. The van der Waals surface area contributed by atoms with Gasteiger partial charge in [0.05, 0.1) is 12.2 Å². The van der Waals surface area contributed by atoms with Crippen molar-refractivity contribution in [2.75, 3.05) is 5.73 Å². The zero-order chi connectivity index (χ0) is 13.1. The highest BCUT2D eigenvalue weighted by Gasteiger charge is 2.14. The van der Waals surface area contributed by atoms with Gasteiger partial charge in [0, 0.05) is 12.7 Å². The van der Waals surface area contributed by atoms with Crippen LogP contribution in [0.25, 0.3) is 0 Å². The van der Waals surface area contributed by atoms with Crippen LogP contribution in [0.3, 0.4) is 0 Å². The number of carbonyl (C=O) groups excluding carboxylic acids is 1. The highest BCUT2D eigenvalue weighted by Crippen LogP contribution is 2.10. The smallest absolute Gasteiger partial charge is 0.274 e. The predicted octanol–water partition coefficient (Wildman–Crippen LogP) is 1.32. The maximum absolute atomic E-state index is 11.9. The number of aryl methyl sites for hydroxylation is 2. The molecule has 6 nitrogen and oxygen atoms in total. The molecular formula is C12H16N4O2. The minimum atomic E-state index is -0.297. The Labute approximate surface area is 105 Å². The van der Waals surface area contributed by atoms with Crippen molar-refractivity contribution < 1.29 is 9.21 Å². The van der Waals surface area contributed by atoms with Crippen molar-refractivity contribution in [1.29, 1.82) is 0 Å². The van der Waals surface area contributed by atoms with Gasteiger partial charge in [-0.25, -0.2) is 0 Å². The molecule has 0 aliphatic heterocycles. The Bertz CT molecular complexity index is 556. The largest absolute Gasteiger partial charge is 0.465 e. The number of hydrogen-bond acceptors (Lipinski definition) is 4. The van der Waals surface area contributed by atoms with E-state index >= 15 is 0 Å². The first-order valence-corrected chi connectivity index (χ1v) is 5.76. The van der Waals surface area contributed by atoms with Gasteiger partial charge in [-0.3, -0.25) is 9.48 Å². The van der Waals surface area contributed by atoms with Gasteiger partial charge in [0.1, 0.15) is 11.5 Å². The summed E-state index contributed by atoms with van der Waals surface area (Å²) in [4.78, 5) is 11.9. The third-order valence-corrected chi connectivity index (χ3v) is 2.55. The summed E-state index contributed by atoms with van der Waals surface area (Å²) in [7, 11) is 0. The molecule has 96 valence electrons. The second-order valence-electron chi connectivity index (χ2n) is 3.98. The van der Waals surface area contributed by atoms with Crippen molar-refractivity contribution in [3.05, 3.63) is 35.5 Å². The van der Waals surface area contributed by atoms with Gasteiger partial charge < -0.3 is 15.5 Å². The number of aromatic nitrogens is 2. The van der Waals surface area contributed by atoms with Crippen molar-refractivity contribution >= 4 is 11.6 Å². The number of nitrogen functional groups attached to an aromatic ring is 1. The van der Waals surface area contributed by atoms with Crippen molar-refractivity contribution in [2.24, 2.45) is 0 Å². The summed E-state index contributed by atoms with van der Waals surface area (Å²) in [6, 6.07) is 3.67. The lowest BCUT2D eigenvalue weighted by Crippen LogP contribution is -2.24. The van der Waals surface area contributed by atoms with Crippen LogP contribution in [0.4, 0.5) is 5.69 Å². The number of hydrogen-bond donors (Lipinski definition) is 2. The fraction of sp³-hybridized carbons (Fsp3) is 0.333. The number of nitrogens with zero attached hydrogens (tertiary/aromatic N) is 2. The second kappa shape index (κ2) is 4.95. The van der Waals surface area contributed by atoms with Gasteiger partial charge in [-0.1, -0.05) is 0 Å². The molecule has 2 rings (SSSR count). The van der Waals surface area contributed by atoms with Gasteiger partial charge in [0.15, 0.2) is 5.69 Å². The number of nitrogens with two attached hydrogens (primary N) is 1. The Morgan fingerprint density at radius 1 is 1.56 bits per heavy atom. The molecule has 0 aliphatic carbocycles. The minimum absolute atomic E-state index is 0.250. The number of furan rings is 1. The SMILES string of the molecule is CCn1cc(N)c(C(=O)NCc2ccc(C)o2)n1. The van der Waals surface area contributed by atoms with Gasteiger partial charge >= 0.3 is 0 Å². The minimum Gasteiger partial charge on any atom is -0.465 e. The Morgan fingerprint density at radius 3 is 2.89 bits per heavy atom. The Balaban J connectivity index is 2.01. The average molecular weight is 248 g/mol. The molecule has 0 spiro atoms. The zero-order valence-corrected chi connectivity index (χ0v) is 10.4. The number of carbonyl (C=O) groups is 1. The third kappa shape index (κ3) is 2.53. The molecule has 3 N–H and O–H groups in total. The highest BCUT2D eigenvalue weighted by molar-refractivity contribution is 5.96. The molecule has 0 aromatic carbocycles. The van der Waals surface area contributed by atoms with E-state index in [1.807, 2.05) is 26.0 Å². The Morgan fingerprint density at radius 2 is 2.33 bits per heavy atom. The van der Waals surface area contributed by atoms with E-state index < -0.39 is 0 Å². The summed E-state index contributed by atoms with van der Waals surface area (Å²) in [6.45, 7) is 4.78. The van der Waals surface area contributed by atoms with E-state index in [1.165, 1.54) is 0 Å². The molecule has 0 unspecified atom stereocenters. The fourth-order valence-electron chi connectivity index (χ4n) is 1.61. The van der Waals surface area contributed by atoms with Gasteiger partial charge in [-0.05, 0) is 26.0 Å². The van der Waals surface area contributed by atoms with E-state index in [2.05, 4.69) is 10.4 Å². The van der Waals surface area contributed by atoms with Gasteiger partial charge in [-0.15, -0.1) is 0 Å². The van der Waals surface area contributed by atoms with Gasteiger partial charge in [0.25, 0.3) is 5.91 Å². The van der Waals surface area contributed by atoms with Crippen LogP contribution in [0.2, 0.25) is 0 Å². The van der Waals surface area contributed by atoms with E-state index in [-0.39, 0.29) is 11.6 Å². The molecule has 0 saturated carbocycles. The van der Waals surface area contributed by atoms with Crippen LogP contribution >= 0.6 is 0 Å². The molecule has 1 amide bonds. The first-order chi connectivity index (χ1) is 8.60. The molecular weight excluding hydrogens is 232 g/mol. The van der Waals surface area contributed by atoms with Crippen LogP contribution in [0, 0.1) is 6.92 Å². The highest BCUT2D eigenvalue weighted by atomic mass is 16.3. The lowest BCUT2D eigenvalue weighted by molar-refractivity contribution is 0.0943. The van der Waals surface area contributed by atoms with E-state index in [1.54, 1.807) is 10.9 Å². The van der Waals surface area contributed by atoms with Crippen molar-refractivity contribution in [1.82, 2.24) is 15.1 Å². The van der Waals surface area contributed by atoms with Crippen molar-refractivity contribution in [3.63, 3.8) is 0 Å². The zero-order valence-electron chi connectivity index (χ0n) is 10.4. The van der Waals surface area contributed by atoms with Crippen LogP contribution in [0.15, 0.2) is 22.7 Å². The summed E-state index contributed by atoms with van der Waals surface area (Å²) in [5.41, 5.74) is 6.35. The normalized spacial score (nSPS) is 10.6. The molecule has 0 atom stereocenters. The number of amides is 1. The molecule has 6 heteroatoms. The molecule has 2 heterocycles. The standard InChI is InChI=1S/C12H16N4O2/c1-3-16-7-10(13)11(15-16)12(17)14-6-9-5-4-8(2)18-9/h4-5,7H,3,6,13H2,1-2H3,(H,14,17). The first kappa shape index (κ1) is 12.2. The van der Waals surface area contributed by atoms with Crippen molar-refractivity contribution in [2.45, 2.75) is 26.9 Å². The second-order valence-corrected chi connectivity index (χ2v) is 3.98. The third-order valence-electron chi connectivity index (χ3n) is 2.55. The first-order valence-electron chi connectivity index (χ1n) is 5.76. The average Bonchev–Trinajstić information content (AvgIpc) is 2.92. The topological polar surface area (TPSA) is 86.1 Å². The molecule has 0 saturated heterocycles. The van der Waals surface area contributed by atoms with E-state index in [4.69, 9.17) is 10.2 Å². The number of anilines is 1. The van der Waals surface area contributed by atoms with Crippen LogP contribution in [0.5, 0.6) is 0 Å². The predicted molar refractivity (Wildman–Crippen MR) is 66.9 cm³/mol. The summed E-state index contributed by atoms with van der Waals surface area (Å²) in [5.74, 6) is 1.22. The molecule has 2 aromatic rings. The van der Waals surface area contributed by atoms with Crippen LogP contribution < -0.4 is 11.1 Å². The quantitative estimate of drug-likeness (QED) is 0.854. The Hall–Kier alpha value is -2.24. The number of rotatable bonds is 4. The molecule has 0 radical (unpaired) electrons. The molecule has 0 fully saturated rings. The monoisotopic (exact) mass is 248 g/mol. The lowest BCUT2D eigenvalue weighted by Gasteiger charge is -2.01. The van der Waals surface area contributed by atoms with Crippen molar-refractivity contribution in [3.8, 4) is 0 Å².